The number of nitrogens with zero attached hydrogens (tertiary/aromatic N) is 6. The summed E-state index contributed by atoms with van der Waals surface area (Å²) < 4.78 is 44.0. The zero-order chi connectivity index (χ0) is 32.1. The van der Waals surface area contributed by atoms with Gasteiger partial charge < -0.3 is 19.1 Å². The van der Waals surface area contributed by atoms with Gasteiger partial charge in [-0.25, -0.2) is 12.7 Å². The van der Waals surface area contributed by atoms with E-state index in [1.54, 1.807) is 70.6 Å². The first-order chi connectivity index (χ1) is 20.9. The van der Waals surface area contributed by atoms with Gasteiger partial charge in [0, 0.05) is 20.6 Å². The van der Waals surface area contributed by atoms with Crippen molar-refractivity contribution in [3.63, 3.8) is 0 Å². The Bertz CT molecular complexity index is 1670. The number of likely N-dealkylation sites (N-methyl/N-ethyl adjacent to an activating group) is 1. The highest BCUT2D eigenvalue weighted by atomic mass is 32.2. The van der Waals surface area contributed by atoms with Crippen molar-refractivity contribution >= 4 is 34.0 Å². The van der Waals surface area contributed by atoms with Gasteiger partial charge in [-0.15, -0.1) is 9.97 Å². The van der Waals surface area contributed by atoms with E-state index in [4.69, 9.17) is 14.2 Å². The SMILES string of the molecule is COc1ccc(CCN(C)c2nc(N(C)S(=O)(=O)c3ccc(C)cc3)nc([N+](C)(C)C(=O)OC3=CC[CH]C=C3)n2)cc1OC. The molecule has 12 nitrogen and oxygen atoms in total. The number of anilines is 2. The number of hydrogen-bond donors (Lipinski definition) is 0. The quantitative estimate of drug-likeness (QED) is 0.283. The van der Waals surface area contributed by atoms with Gasteiger partial charge in [-0.1, -0.05) is 29.8 Å². The molecule has 1 amide bonds. The van der Waals surface area contributed by atoms with Crippen LogP contribution in [0.1, 0.15) is 17.5 Å². The van der Waals surface area contributed by atoms with Gasteiger partial charge in [-0.3, -0.25) is 0 Å². The summed E-state index contributed by atoms with van der Waals surface area (Å²) in [5.74, 6) is 1.68. The van der Waals surface area contributed by atoms with Crippen LogP contribution in [-0.2, 0) is 21.2 Å². The van der Waals surface area contributed by atoms with Gasteiger partial charge in [0.2, 0.25) is 11.9 Å². The Balaban J connectivity index is 1.70. The molecule has 44 heavy (non-hydrogen) atoms. The summed E-state index contributed by atoms with van der Waals surface area (Å²) in [6.45, 7) is 2.33. The minimum Gasteiger partial charge on any atom is -0.493 e. The first-order valence-corrected chi connectivity index (χ1v) is 15.3. The standard InChI is InChI=1S/C31H38N6O6S/c1-22-13-16-25(17-14-22)44(39,40)36(3)29-32-28(35(2)20-19-23-15-18-26(41-6)27(21-23)42-7)33-30(34-29)37(4,5)31(38)43-24-11-9-8-10-12-24/h8-9,11-18,21H,10,19-20H2,1-7H3/q+1. The molecular weight excluding hydrogens is 584 g/mol. The van der Waals surface area contributed by atoms with Crippen molar-refractivity contribution in [1.82, 2.24) is 19.4 Å². The number of carbonyl (C=O) groups excluding carboxylic acids is 1. The Morgan fingerprint density at radius 2 is 1.64 bits per heavy atom. The maximum absolute atomic E-state index is 13.6. The number of ether oxygens (including phenoxy) is 3. The summed E-state index contributed by atoms with van der Waals surface area (Å²) in [5.41, 5.74) is 1.90. The first-order valence-electron chi connectivity index (χ1n) is 13.9. The van der Waals surface area contributed by atoms with Crippen molar-refractivity contribution in [2.45, 2.75) is 24.7 Å². The van der Waals surface area contributed by atoms with Crippen molar-refractivity contribution in [2.24, 2.45) is 0 Å². The molecule has 2 aromatic carbocycles. The van der Waals surface area contributed by atoms with Crippen molar-refractivity contribution < 1.29 is 27.4 Å². The second kappa shape index (κ2) is 13.4. The van der Waals surface area contributed by atoms with Crippen LogP contribution in [0, 0.1) is 13.3 Å². The van der Waals surface area contributed by atoms with E-state index in [9.17, 15) is 13.2 Å². The average molecular weight is 623 g/mol. The molecule has 1 aliphatic rings. The maximum Gasteiger partial charge on any atom is 0.528 e. The van der Waals surface area contributed by atoms with E-state index in [1.807, 2.05) is 31.5 Å². The molecule has 4 rings (SSSR count). The number of quaternary nitrogens is 1. The highest BCUT2D eigenvalue weighted by Crippen LogP contribution is 2.29. The predicted octanol–water partition coefficient (Wildman–Crippen LogP) is 4.45. The molecule has 233 valence electrons. The Kier molecular flexibility index (Phi) is 9.90. The molecule has 13 heteroatoms. The van der Waals surface area contributed by atoms with Crippen LogP contribution in [0.2, 0.25) is 0 Å². The molecule has 0 atom stereocenters. The normalized spacial score (nSPS) is 13.2. The highest BCUT2D eigenvalue weighted by molar-refractivity contribution is 7.92. The zero-order valence-corrected chi connectivity index (χ0v) is 26.8. The molecule has 0 aliphatic heterocycles. The molecule has 0 N–H and O–H groups in total. The van der Waals surface area contributed by atoms with Crippen LogP contribution in [0.3, 0.4) is 0 Å². The van der Waals surface area contributed by atoms with Gasteiger partial charge in [0.1, 0.15) is 5.76 Å². The number of benzene rings is 2. The van der Waals surface area contributed by atoms with E-state index >= 15 is 0 Å². The van der Waals surface area contributed by atoms with Gasteiger partial charge in [-0.05, 0) is 68.2 Å². The summed E-state index contributed by atoms with van der Waals surface area (Å²) in [7, 11) is 5.42. The lowest BCUT2D eigenvalue weighted by molar-refractivity contribution is 0.148. The largest absolute Gasteiger partial charge is 0.528 e. The molecule has 1 aliphatic carbocycles. The monoisotopic (exact) mass is 622 g/mol. The third-order valence-electron chi connectivity index (χ3n) is 7.10. The molecule has 0 saturated carbocycles. The Morgan fingerprint density at radius 1 is 0.955 bits per heavy atom. The second-order valence-corrected chi connectivity index (χ2v) is 12.6. The summed E-state index contributed by atoms with van der Waals surface area (Å²) in [5, 5.41) is 0. The second-order valence-electron chi connectivity index (χ2n) is 10.6. The fourth-order valence-corrected chi connectivity index (χ4v) is 5.27. The van der Waals surface area contributed by atoms with Crippen molar-refractivity contribution in [3.8, 4) is 11.5 Å². The van der Waals surface area contributed by atoms with Gasteiger partial charge in [0.25, 0.3) is 10.0 Å². The Morgan fingerprint density at radius 3 is 2.27 bits per heavy atom. The fraction of sp³-hybridized carbons (Fsp3) is 0.323. The minimum absolute atomic E-state index is 0.00544. The Hall–Kier alpha value is -4.49. The smallest absolute Gasteiger partial charge is 0.493 e. The number of hydrogen-bond acceptors (Lipinski definition) is 10. The summed E-state index contributed by atoms with van der Waals surface area (Å²) >= 11 is 0. The Labute approximate surface area is 258 Å². The van der Waals surface area contributed by atoms with E-state index in [0.717, 1.165) is 15.4 Å². The van der Waals surface area contributed by atoms with Crippen LogP contribution in [0.25, 0.3) is 0 Å². The molecular formula is C31H38N6O6S+. The molecule has 0 saturated heterocycles. The minimum atomic E-state index is -4.03. The predicted molar refractivity (Wildman–Crippen MR) is 169 cm³/mol. The van der Waals surface area contributed by atoms with Gasteiger partial charge in [0.15, 0.2) is 11.5 Å². The van der Waals surface area contributed by atoms with Crippen molar-refractivity contribution in [3.05, 3.63) is 84.0 Å². The van der Waals surface area contributed by atoms with Crippen LogP contribution < -0.4 is 23.2 Å². The van der Waals surface area contributed by atoms with Crippen LogP contribution in [0.15, 0.2) is 71.3 Å². The van der Waals surface area contributed by atoms with Gasteiger partial charge in [-0.2, -0.15) is 14.3 Å². The third kappa shape index (κ3) is 7.17. The lowest BCUT2D eigenvalue weighted by Crippen LogP contribution is -2.48. The molecule has 3 aromatic rings. The number of carbonyl (C=O) groups is 1. The molecule has 1 aromatic heterocycles. The topological polar surface area (TPSA) is 124 Å². The molecule has 1 radical (unpaired) electrons. The fourth-order valence-electron chi connectivity index (χ4n) is 4.18. The van der Waals surface area contributed by atoms with E-state index in [2.05, 4.69) is 15.0 Å². The first kappa shape index (κ1) is 32.4. The molecule has 1 heterocycles. The van der Waals surface area contributed by atoms with E-state index in [1.165, 1.54) is 19.2 Å². The van der Waals surface area contributed by atoms with E-state index in [-0.39, 0.29) is 22.7 Å². The summed E-state index contributed by atoms with van der Waals surface area (Å²) in [6, 6.07) is 12.1. The number of sulfonamides is 1. The molecule has 0 bridgehead atoms. The molecule has 0 spiro atoms. The summed E-state index contributed by atoms with van der Waals surface area (Å²) in [6.07, 6.45) is 7.79. The number of amides is 1. The van der Waals surface area contributed by atoms with Crippen LogP contribution in [0.5, 0.6) is 11.5 Å². The maximum atomic E-state index is 13.6. The number of allylic oxidation sites excluding steroid dienone is 3. The van der Waals surface area contributed by atoms with Crippen molar-refractivity contribution in [2.75, 3.05) is 58.2 Å². The van der Waals surface area contributed by atoms with Crippen LogP contribution in [-0.4, -0.2) is 78.4 Å². The average Bonchev–Trinajstić information content (AvgIpc) is 3.03. The van der Waals surface area contributed by atoms with E-state index in [0.29, 0.717) is 36.6 Å². The molecule has 0 fully saturated rings. The van der Waals surface area contributed by atoms with Crippen LogP contribution in [0.4, 0.5) is 22.6 Å². The molecule has 0 unspecified atom stereocenters. The van der Waals surface area contributed by atoms with Crippen molar-refractivity contribution in [1.29, 1.82) is 0 Å². The van der Waals surface area contributed by atoms with Crippen LogP contribution >= 0.6 is 0 Å². The third-order valence-corrected chi connectivity index (χ3v) is 8.85. The van der Waals surface area contributed by atoms with Gasteiger partial charge >= 0.3 is 12.0 Å². The number of aromatic nitrogens is 3. The lowest BCUT2D eigenvalue weighted by Gasteiger charge is -2.26. The van der Waals surface area contributed by atoms with Gasteiger partial charge in [0.05, 0.1) is 33.2 Å². The number of methoxy groups -OCH3 is 2. The van der Waals surface area contributed by atoms with E-state index < -0.39 is 20.6 Å². The summed E-state index contributed by atoms with van der Waals surface area (Å²) in [4.78, 5) is 28.8. The number of aryl methyl sites for hydroxylation is 1. The highest BCUT2D eigenvalue weighted by Gasteiger charge is 2.38. The lowest BCUT2D eigenvalue weighted by atomic mass is 10.1. The zero-order valence-electron chi connectivity index (χ0n) is 26.0. The number of rotatable bonds is 11.